The van der Waals surface area contributed by atoms with Crippen molar-refractivity contribution in [3.05, 3.63) is 64.4 Å². The molecule has 0 heterocycles. The molecule has 0 atom stereocenters. The van der Waals surface area contributed by atoms with Crippen molar-refractivity contribution in [1.29, 1.82) is 0 Å². The minimum Gasteiger partial charge on any atom is -0.352 e. The molecule has 0 aliphatic heterocycles. The summed E-state index contributed by atoms with van der Waals surface area (Å²) in [6, 6.07) is 10.2. The zero-order chi connectivity index (χ0) is 20.5. The molecule has 3 amide bonds. The summed E-state index contributed by atoms with van der Waals surface area (Å²) in [6.07, 6.45) is 0.779. The number of halogens is 2. The van der Waals surface area contributed by atoms with Gasteiger partial charge >= 0.3 is 0 Å². The van der Waals surface area contributed by atoms with Crippen molar-refractivity contribution in [3.63, 3.8) is 0 Å². The molecule has 2 aromatic carbocycles. The van der Waals surface area contributed by atoms with Gasteiger partial charge in [-0.2, -0.15) is 0 Å². The van der Waals surface area contributed by atoms with Gasteiger partial charge in [-0.25, -0.2) is 4.39 Å². The van der Waals surface area contributed by atoms with E-state index in [-0.39, 0.29) is 23.9 Å². The third kappa shape index (κ3) is 6.66. The molecule has 0 aromatic heterocycles. The lowest BCUT2D eigenvalue weighted by Gasteiger charge is -2.10. The maximum Gasteiger partial charge on any atom is 0.252 e. The van der Waals surface area contributed by atoms with E-state index in [2.05, 4.69) is 16.0 Å². The number of carbonyl (C=O) groups excluding carboxylic acids is 3. The van der Waals surface area contributed by atoms with Crippen molar-refractivity contribution in [1.82, 2.24) is 10.6 Å². The predicted molar refractivity (Wildman–Crippen MR) is 106 cm³/mol. The zero-order valence-corrected chi connectivity index (χ0v) is 16.1. The van der Waals surface area contributed by atoms with Crippen molar-refractivity contribution >= 4 is 35.0 Å². The third-order valence-electron chi connectivity index (χ3n) is 3.73. The minimum atomic E-state index is -0.452. The topological polar surface area (TPSA) is 87.3 Å². The predicted octanol–water partition coefficient (Wildman–Crippen LogP) is 2.92. The summed E-state index contributed by atoms with van der Waals surface area (Å²) in [6.45, 7) is 2.24. The second kappa shape index (κ2) is 10.4. The van der Waals surface area contributed by atoms with Crippen LogP contribution in [0.15, 0.2) is 42.5 Å². The molecule has 0 aliphatic rings. The highest BCUT2D eigenvalue weighted by atomic mass is 35.5. The van der Waals surface area contributed by atoms with Crippen LogP contribution in [0.4, 0.5) is 10.1 Å². The molecule has 8 heteroatoms. The Kier molecular flexibility index (Phi) is 7.95. The summed E-state index contributed by atoms with van der Waals surface area (Å²) < 4.78 is 13.1. The summed E-state index contributed by atoms with van der Waals surface area (Å²) >= 11 is 6.10. The lowest BCUT2D eigenvalue weighted by atomic mass is 10.1. The molecule has 0 radical (unpaired) electrons. The van der Waals surface area contributed by atoms with E-state index in [1.807, 2.05) is 6.92 Å². The van der Waals surface area contributed by atoms with Crippen molar-refractivity contribution in [2.75, 3.05) is 18.4 Å². The molecule has 0 spiro atoms. The SMILES string of the molecule is CCCNC(=O)c1ccc(NC(=O)CNC(=O)Cc2cccc(F)c2)cc1Cl. The highest BCUT2D eigenvalue weighted by molar-refractivity contribution is 6.34. The molecule has 6 nitrogen and oxygen atoms in total. The molecule has 3 N–H and O–H groups in total. The van der Waals surface area contributed by atoms with E-state index in [1.54, 1.807) is 12.1 Å². The van der Waals surface area contributed by atoms with Gasteiger partial charge in [-0.05, 0) is 42.3 Å². The minimum absolute atomic E-state index is 0.0293. The fourth-order valence-corrected chi connectivity index (χ4v) is 2.66. The van der Waals surface area contributed by atoms with E-state index in [0.717, 1.165) is 6.42 Å². The van der Waals surface area contributed by atoms with Crippen LogP contribution in [0, 0.1) is 5.82 Å². The van der Waals surface area contributed by atoms with Crippen LogP contribution in [-0.4, -0.2) is 30.8 Å². The van der Waals surface area contributed by atoms with Gasteiger partial charge in [-0.3, -0.25) is 14.4 Å². The summed E-state index contributed by atoms with van der Waals surface area (Å²) in [5.74, 6) is -1.56. The second-order valence-corrected chi connectivity index (χ2v) is 6.49. The molecule has 2 rings (SSSR count). The standard InChI is InChI=1S/C20H21ClFN3O3/c1-2-8-23-20(28)16-7-6-15(11-17(16)21)25-19(27)12-24-18(26)10-13-4-3-5-14(22)9-13/h3-7,9,11H,2,8,10,12H2,1H3,(H,23,28)(H,24,26)(H,25,27). The monoisotopic (exact) mass is 405 g/mol. The first kappa shape index (κ1) is 21.4. The van der Waals surface area contributed by atoms with Crippen LogP contribution < -0.4 is 16.0 Å². The molecule has 0 fully saturated rings. The number of hydrogen-bond acceptors (Lipinski definition) is 3. The highest BCUT2D eigenvalue weighted by Gasteiger charge is 2.12. The van der Waals surface area contributed by atoms with Gasteiger partial charge in [-0.15, -0.1) is 0 Å². The van der Waals surface area contributed by atoms with Crippen LogP contribution >= 0.6 is 11.6 Å². The van der Waals surface area contributed by atoms with E-state index in [1.165, 1.54) is 30.3 Å². The first-order chi connectivity index (χ1) is 13.4. The van der Waals surface area contributed by atoms with Crippen LogP contribution in [0.5, 0.6) is 0 Å². The Balaban J connectivity index is 1.84. The fraction of sp³-hybridized carbons (Fsp3) is 0.250. The summed E-state index contributed by atoms with van der Waals surface area (Å²) in [5.41, 5.74) is 1.24. The lowest BCUT2D eigenvalue weighted by Crippen LogP contribution is -2.33. The Hall–Kier alpha value is -2.93. The van der Waals surface area contributed by atoms with Gasteiger partial charge in [-0.1, -0.05) is 30.7 Å². The van der Waals surface area contributed by atoms with Gasteiger partial charge in [0.2, 0.25) is 11.8 Å². The Morgan fingerprint density at radius 2 is 1.82 bits per heavy atom. The normalized spacial score (nSPS) is 10.2. The Morgan fingerprint density at radius 3 is 2.50 bits per heavy atom. The molecule has 0 bridgehead atoms. The first-order valence-corrected chi connectivity index (χ1v) is 9.15. The smallest absolute Gasteiger partial charge is 0.252 e. The van der Waals surface area contributed by atoms with Gasteiger partial charge in [0.15, 0.2) is 0 Å². The van der Waals surface area contributed by atoms with Crippen LogP contribution in [-0.2, 0) is 16.0 Å². The van der Waals surface area contributed by atoms with E-state index in [4.69, 9.17) is 11.6 Å². The number of amides is 3. The van der Waals surface area contributed by atoms with Gasteiger partial charge in [0, 0.05) is 12.2 Å². The summed E-state index contributed by atoms with van der Waals surface area (Å²) in [7, 11) is 0. The first-order valence-electron chi connectivity index (χ1n) is 8.77. The largest absolute Gasteiger partial charge is 0.352 e. The van der Waals surface area contributed by atoms with Crippen molar-refractivity contribution in [2.45, 2.75) is 19.8 Å². The maximum absolute atomic E-state index is 13.1. The van der Waals surface area contributed by atoms with Crippen molar-refractivity contribution < 1.29 is 18.8 Å². The molecule has 2 aromatic rings. The Labute approximate surface area is 167 Å². The number of anilines is 1. The number of benzene rings is 2. The average molecular weight is 406 g/mol. The summed E-state index contributed by atoms with van der Waals surface area (Å²) in [5, 5.41) is 7.99. The van der Waals surface area contributed by atoms with E-state index < -0.39 is 17.6 Å². The van der Waals surface area contributed by atoms with Gasteiger partial charge < -0.3 is 16.0 Å². The van der Waals surface area contributed by atoms with E-state index in [9.17, 15) is 18.8 Å². The molecule has 0 aliphatic carbocycles. The number of carbonyl (C=O) groups is 3. The summed E-state index contributed by atoms with van der Waals surface area (Å²) in [4.78, 5) is 35.8. The van der Waals surface area contributed by atoms with Gasteiger partial charge in [0.05, 0.1) is 23.6 Å². The number of rotatable bonds is 8. The molecule has 148 valence electrons. The van der Waals surface area contributed by atoms with Crippen LogP contribution in [0.2, 0.25) is 5.02 Å². The van der Waals surface area contributed by atoms with Crippen molar-refractivity contribution in [3.8, 4) is 0 Å². The molecular formula is C20H21ClFN3O3. The van der Waals surface area contributed by atoms with E-state index in [0.29, 0.717) is 23.4 Å². The van der Waals surface area contributed by atoms with Gasteiger partial charge in [0.25, 0.3) is 5.91 Å². The molecule has 0 unspecified atom stereocenters. The fourth-order valence-electron chi connectivity index (χ4n) is 2.39. The van der Waals surface area contributed by atoms with Crippen LogP contribution in [0.25, 0.3) is 0 Å². The molecule has 0 saturated carbocycles. The Morgan fingerprint density at radius 1 is 1.04 bits per heavy atom. The lowest BCUT2D eigenvalue weighted by molar-refractivity contribution is -0.123. The third-order valence-corrected chi connectivity index (χ3v) is 4.05. The zero-order valence-electron chi connectivity index (χ0n) is 15.4. The molecular weight excluding hydrogens is 385 g/mol. The highest BCUT2D eigenvalue weighted by Crippen LogP contribution is 2.21. The van der Waals surface area contributed by atoms with Crippen molar-refractivity contribution in [2.24, 2.45) is 0 Å². The number of nitrogens with one attached hydrogen (secondary N) is 3. The molecule has 28 heavy (non-hydrogen) atoms. The molecule has 0 saturated heterocycles. The van der Waals surface area contributed by atoms with E-state index >= 15 is 0 Å². The second-order valence-electron chi connectivity index (χ2n) is 6.08. The quantitative estimate of drug-likeness (QED) is 0.631. The number of hydrogen-bond donors (Lipinski definition) is 3. The Bertz CT molecular complexity index is 874. The maximum atomic E-state index is 13.1. The van der Waals surface area contributed by atoms with Gasteiger partial charge in [0.1, 0.15) is 5.82 Å². The average Bonchev–Trinajstić information content (AvgIpc) is 2.64. The van der Waals surface area contributed by atoms with Crippen LogP contribution in [0.3, 0.4) is 0 Å². The van der Waals surface area contributed by atoms with Crippen LogP contribution in [0.1, 0.15) is 29.3 Å².